The summed E-state index contributed by atoms with van der Waals surface area (Å²) in [5.41, 5.74) is 1.70. The first kappa shape index (κ1) is 9.99. The summed E-state index contributed by atoms with van der Waals surface area (Å²) in [6.45, 7) is 0. The molecule has 0 unspecified atom stereocenters. The SMILES string of the molecule is N#[N+]c1ccccc1N=Nc1ccccc1. The van der Waals surface area contributed by atoms with Crippen LogP contribution in [-0.4, -0.2) is 0 Å². The fraction of sp³-hybridized carbons (Fsp3) is 0. The third kappa shape index (κ3) is 2.28. The zero-order valence-corrected chi connectivity index (χ0v) is 8.49. The third-order valence-corrected chi connectivity index (χ3v) is 2.02. The monoisotopic (exact) mass is 209 g/mol. The van der Waals surface area contributed by atoms with Crippen LogP contribution >= 0.6 is 0 Å². The van der Waals surface area contributed by atoms with E-state index in [1.807, 2.05) is 36.4 Å². The van der Waals surface area contributed by atoms with Crippen molar-refractivity contribution < 1.29 is 0 Å². The van der Waals surface area contributed by atoms with Gasteiger partial charge in [-0.05, 0) is 18.2 Å². The van der Waals surface area contributed by atoms with Crippen LogP contribution < -0.4 is 0 Å². The van der Waals surface area contributed by atoms with Crippen LogP contribution in [0, 0.1) is 5.39 Å². The molecule has 4 nitrogen and oxygen atoms in total. The van der Waals surface area contributed by atoms with E-state index < -0.39 is 0 Å². The molecule has 2 aromatic rings. The average Bonchev–Trinajstić information content (AvgIpc) is 2.38. The number of hydrogen-bond acceptors (Lipinski definition) is 3. The molecular weight excluding hydrogens is 200 g/mol. The van der Waals surface area contributed by atoms with Gasteiger partial charge < -0.3 is 0 Å². The van der Waals surface area contributed by atoms with Crippen molar-refractivity contribution in [2.45, 2.75) is 0 Å². The number of rotatable bonds is 2. The van der Waals surface area contributed by atoms with E-state index in [1.54, 1.807) is 18.2 Å². The molecule has 0 amide bonds. The van der Waals surface area contributed by atoms with Gasteiger partial charge in [0.05, 0.1) is 5.69 Å². The molecule has 0 atom stereocenters. The first-order valence-corrected chi connectivity index (χ1v) is 4.81. The number of nitrogens with zero attached hydrogens (tertiary/aromatic N) is 4. The predicted octanol–water partition coefficient (Wildman–Crippen LogP) is 4.59. The summed E-state index contributed by atoms with van der Waals surface area (Å²) in [5, 5.41) is 16.8. The van der Waals surface area contributed by atoms with Crippen molar-refractivity contribution in [1.82, 2.24) is 0 Å². The molecule has 0 aromatic heterocycles. The van der Waals surface area contributed by atoms with Crippen molar-refractivity contribution in [2.24, 2.45) is 10.2 Å². The number of azo groups is 1. The van der Waals surface area contributed by atoms with Gasteiger partial charge in [-0.15, -0.1) is 5.11 Å². The molecule has 4 heteroatoms. The van der Waals surface area contributed by atoms with Crippen molar-refractivity contribution >= 4 is 17.1 Å². The summed E-state index contributed by atoms with van der Waals surface area (Å²) in [4.78, 5) is 3.13. The summed E-state index contributed by atoms with van der Waals surface area (Å²) in [5.74, 6) is 0. The van der Waals surface area contributed by atoms with E-state index in [4.69, 9.17) is 5.39 Å². The lowest BCUT2D eigenvalue weighted by atomic mass is 10.3. The molecule has 2 aromatic carbocycles. The predicted molar refractivity (Wildman–Crippen MR) is 61.8 cm³/mol. The normalized spacial score (nSPS) is 10.2. The van der Waals surface area contributed by atoms with Crippen LogP contribution in [0.4, 0.5) is 17.1 Å². The summed E-state index contributed by atoms with van der Waals surface area (Å²) < 4.78 is 0. The Hall–Kier alpha value is -2.54. The number of diazo groups is 1. The Balaban J connectivity index is 2.28. The lowest BCUT2D eigenvalue weighted by molar-refractivity contribution is 1.23. The molecule has 16 heavy (non-hydrogen) atoms. The zero-order valence-electron chi connectivity index (χ0n) is 8.49. The number of benzene rings is 2. The quantitative estimate of drug-likeness (QED) is 0.527. The molecule has 0 aliphatic carbocycles. The molecular formula is C12H9N4+. The van der Waals surface area contributed by atoms with Gasteiger partial charge in [0, 0.05) is 6.07 Å². The molecule has 0 heterocycles. The molecule has 0 aliphatic rings. The van der Waals surface area contributed by atoms with Crippen LogP contribution in [-0.2, 0) is 0 Å². The molecule has 0 saturated carbocycles. The van der Waals surface area contributed by atoms with Gasteiger partial charge in [-0.2, -0.15) is 5.11 Å². The fourth-order valence-corrected chi connectivity index (χ4v) is 1.24. The van der Waals surface area contributed by atoms with Crippen LogP contribution in [0.25, 0.3) is 4.98 Å². The van der Waals surface area contributed by atoms with E-state index in [0.717, 1.165) is 5.69 Å². The summed E-state index contributed by atoms with van der Waals surface area (Å²) in [6.07, 6.45) is 0. The average molecular weight is 209 g/mol. The second kappa shape index (κ2) is 4.80. The fourth-order valence-electron chi connectivity index (χ4n) is 1.24. The molecule has 0 aliphatic heterocycles. The second-order valence-electron chi connectivity index (χ2n) is 3.12. The van der Waals surface area contributed by atoms with Gasteiger partial charge in [-0.3, -0.25) is 0 Å². The minimum atomic E-state index is 0.405. The minimum Gasteiger partial charge on any atom is -0.150 e. The van der Waals surface area contributed by atoms with Gasteiger partial charge in [0.25, 0.3) is 0 Å². The van der Waals surface area contributed by atoms with E-state index in [1.165, 1.54) is 0 Å². The van der Waals surface area contributed by atoms with Crippen LogP contribution in [0.2, 0.25) is 0 Å². The van der Waals surface area contributed by atoms with Gasteiger partial charge in [0.2, 0.25) is 5.39 Å². The summed E-state index contributed by atoms with van der Waals surface area (Å²) >= 11 is 0. The van der Waals surface area contributed by atoms with Crippen LogP contribution in [0.5, 0.6) is 0 Å². The van der Waals surface area contributed by atoms with Crippen molar-refractivity contribution in [3.8, 4) is 0 Å². The van der Waals surface area contributed by atoms with Crippen LogP contribution in [0.1, 0.15) is 0 Å². The molecule has 0 bridgehead atoms. The first-order valence-electron chi connectivity index (χ1n) is 4.81. The Morgan fingerprint density at radius 2 is 1.50 bits per heavy atom. The Bertz CT molecular complexity index is 540. The van der Waals surface area contributed by atoms with Gasteiger partial charge in [-0.1, -0.05) is 30.3 Å². The largest absolute Gasteiger partial charge is 0.412 e. The third-order valence-electron chi connectivity index (χ3n) is 2.02. The lowest BCUT2D eigenvalue weighted by Crippen LogP contribution is -1.65. The van der Waals surface area contributed by atoms with Gasteiger partial charge in [0.15, 0.2) is 10.7 Å². The Labute approximate surface area is 92.9 Å². The maximum Gasteiger partial charge on any atom is 0.412 e. The van der Waals surface area contributed by atoms with Gasteiger partial charge in [0.1, 0.15) is 0 Å². The highest BCUT2D eigenvalue weighted by Gasteiger charge is 2.10. The van der Waals surface area contributed by atoms with Crippen LogP contribution in [0.3, 0.4) is 0 Å². The summed E-state index contributed by atoms with van der Waals surface area (Å²) in [6, 6.07) is 16.4. The molecule has 0 radical (unpaired) electrons. The van der Waals surface area contributed by atoms with Crippen molar-refractivity contribution in [3.05, 3.63) is 59.6 Å². The molecule has 0 N–H and O–H groups in total. The lowest BCUT2D eigenvalue weighted by Gasteiger charge is -1.89. The van der Waals surface area contributed by atoms with E-state index >= 15 is 0 Å². The Kier molecular flexibility index (Phi) is 3.00. The minimum absolute atomic E-state index is 0.405. The Morgan fingerprint density at radius 1 is 0.812 bits per heavy atom. The molecule has 76 valence electrons. The van der Waals surface area contributed by atoms with Gasteiger partial charge in [-0.25, -0.2) is 0 Å². The topological polar surface area (TPSA) is 52.9 Å². The molecule has 0 fully saturated rings. The van der Waals surface area contributed by atoms with E-state index in [2.05, 4.69) is 15.2 Å². The van der Waals surface area contributed by atoms with E-state index in [-0.39, 0.29) is 0 Å². The van der Waals surface area contributed by atoms with Crippen molar-refractivity contribution in [1.29, 1.82) is 5.39 Å². The van der Waals surface area contributed by atoms with Crippen LogP contribution in [0.15, 0.2) is 64.8 Å². The maximum absolute atomic E-state index is 8.74. The zero-order chi connectivity index (χ0) is 11.2. The second-order valence-corrected chi connectivity index (χ2v) is 3.12. The highest BCUT2D eigenvalue weighted by atomic mass is 15.1. The number of hydrogen-bond donors (Lipinski definition) is 0. The highest BCUT2D eigenvalue weighted by Crippen LogP contribution is 2.28. The van der Waals surface area contributed by atoms with E-state index in [0.29, 0.717) is 11.4 Å². The smallest absolute Gasteiger partial charge is 0.150 e. The Morgan fingerprint density at radius 3 is 2.25 bits per heavy atom. The maximum atomic E-state index is 8.74. The molecule has 0 saturated heterocycles. The standard InChI is InChI=1S/C12H9N4/c13-14-11-8-4-5-9-12(11)16-15-10-6-2-1-3-7-10/h1-9H/q+1. The highest BCUT2D eigenvalue weighted by molar-refractivity contribution is 5.65. The van der Waals surface area contributed by atoms with Gasteiger partial charge >= 0.3 is 5.69 Å². The van der Waals surface area contributed by atoms with E-state index in [9.17, 15) is 0 Å². The molecule has 2 rings (SSSR count). The summed E-state index contributed by atoms with van der Waals surface area (Å²) in [7, 11) is 0. The van der Waals surface area contributed by atoms with Crippen molar-refractivity contribution in [2.75, 3.05) is 0 Å². The molecule has 0 spiro atoms. The van der Waals surface area contributed by atoms with Crippen molar-refractivity contribution in [3.63, 3.8) is 0 Å². The first-order chi connectivity index (χ1) is 7.90.